The van der Waals surface area contributed by atoms with E-state index in [0.717, 1.165) is 0 Å². The molecule has 1 N–H and O–H groups in total. The van der Waals surface area contributed by atoms with Gasteiger partial charge in [-0.25, -0.2) is 0 Å². The molecule has 82 valence electrons. The van der Waals surface area contributed by atoms with E-state index in [9.17, 15) is 0 Å². The molecule has 0 aromatic heterocycles. The van der Waals surface area contributed by atoms with Crippen LogP contribution in [0.5, 0.6) is 0 Å². The molecule has 2 atom stereocenters. The molecule has 1 aromatic rings. The van der Waals surface area contributed by atoms with Gasteiger partial charge in [-0.3, -0.25) is 0 Å². The summed E-state index contributed by atoms with van der Waals surface area (Å²) >= 11 is 11.9. The highest BCUT2D eigenvalue weighted by molar-refractivity contribution is 6.42. The Morgan fingerprint density at radius 2 is 2.00 bits per heavy atom. The number of benzene rings is 1. The second kappa shape index (κ2) is 4.73. The fraction of sp³-hybridized carbons (Fsp3) is 0.500. The topological polar surface area (TPSA) is 12.0 Å². The Labute approximate surface area is 101 Å². The first-order valence-electron chi connectivity index (χ1n) is 5.33. The minimum Gasteiger partial charge on any atom is -0.317 e. The highest BCUT2D eigenvalue weighted by Gasteiger charge is 2.24. The first-order chi connectivity index (χ1) is 7.20. The van der Waals surface area contributed by atoms with Crippen LogP contribution in [0.3, 0.4) is 0 Å². The van der Waals surface area contributed by atoms with Gasteiger partial charge in [0.1, 0.15) is 0 Å². The molecule has 1 saturated carbocycles. The van der Waals surface area contributed by atoms with E-state index < -0.39 is 0 Å². The Hall–Kier alpha value is -0.240. The molecule has 2 rings (SSSR count). The van der Waals surface area contributed by atoms with Crippen molar-refractivity contribution in [2.45, 2.75) is 31.2 Å². The summed E-state index contributed by atoms with van der Waals surface area (Å²) in [6, 6.07) is 6.65. The Morgan fingerprint density at radius 3 is 2.60 bits per heavy atom. The largest absolute Gasteiger partial charge is 0.317 e. The van der Waals surface area contributed by atoms with Gasteiger partial charge in [0.05, 0.1) is 10.0 Å². The van der Waals surface area contributed by atoms with Crippen LogP contribution in [0, 0.1) is 0 Å². The monoisotopic (exact) mass is 243 g/mol. The zero-order valence-corrected chi connectivity index (χ0v) is 10.3. The van der Waals surface area contributed by atoms with E-state index in [1.165, 1.54) is 24.8 Å². The average molecular weight is 244 g/mol. The number of hydrogen-bond acceptors (Lipinski definition) is 1. The number of halogens is 2. The van der Waals surface area contributed by atoms with Gasteiger partial charge in [0.15, 0.2) is 0 Å². The molecule has 0 aliphatic heterocycles. The van der Waals surface area contributed by atoms with Gasteiger partial charge in [-0.15, -0.1) is 0 Å². The first kappa shape index (κ1) is 11.3. The van der Waals surface area contributed by atoms with E-state index in [2.05, 4.69) is 11.4 Å². The van der Waals surface area contributed by atoms with Gasteiger partial charge >= 0.3 is 0 Å². The van der Waals surface area contributed by atoms with E-state index in [1.807, 2.05) is 19.2 Å². The molecule has 2 unspecified atom stereocenters. The van der Waals surface area contributed by atoms with E-state index in [4.69, 9.17) is 23.2 Å². The summed E-state index contributed by atoms with van der Waals surface area (Å²) < 4.78 is 0. The lowest BCUT2D eigenvalue weighted by Crippen LogP contribution is -2.21. The third-order valence-electron chi connectivity index (χ3n) is 3.26. The molecule has 0 heterocycles. The zero-order valence-electron chi connectivity index (χ0n) is 8.76. The van der Waals surface area contributed by atoms with Crippen molar-refractivity contribution in [3.63, 3.8) is 0 Å². The summed E-state index contributed by atoms with van der Waals surface area (Å²) in [6.45, 7) is 0. The van der Waals surface area contributed by atoms with Crippen LogP contribution in [0.4, 0.5) is 0 Å². The van der Waals surface area contributed by atoms with Crippen LogP contribution in [0.15, 0.2) is 18.2 Å². The van der Waals surface area contributed by atoms with E-state index in [1.54, 1.807) is 0 Å². The van der Waals surface area contributed by atoms with Crippen molar-refractivity contribution in [3.05, 3.63) is 33.8 Å². The maximum Gasteiger partial charge on any atom is 0.0595 e. The lowest BCUT2D eigenvalue weighted by atomic mass is 9.97. The molecule has 0 spiro atoms. The number of hydrogen-bond donors (Lipinski definition) is 1. The summed E-state index contributed by atoms with van der Waals surface area (Å²) in [7, 11) is 2.03. The molecule has 0 amide bonds. The number of nitrogens with one attached hydrogen (secondary N) is 1. The molecule has 1 nitrogen and oxygen atoms in total. The third-order valence-corrected chi connectivity index (χ3v) is 3.99. The fourth-order valence-corrected chi connectivity index (χ4v) is 2.62. The normalized spacial score (nSPS) is 25.8. The Bertz CT molecular complexity index is 351. The van der Waals surface area contributed by atoms with Crippen molar-refractivity contribution < 1.29 is 0 Å². The lowest BCUT2D eigenvalue weighted by Gasteiger charge is -2.11. The third kappa shape index (κ3) is 2.47. The number of rotatable bonds is 2. The van der Waals surface area contributed by atoms with E-state index in [-0.39, 0.29) is 0 Å². The smallest absolute Gasteiger partial charge is 0.0595 e. The summed E-state index contributed by atoms with van der Waals surface area (Å²) in [5.74, 6) is 0.636. The van der Waals surface area contributed by atoms with Gasteiger partial charge in [0.25, 0.3) is 0 Å². The van der Waals surface area contributed by atoms with Crippen LogP contribution < -0.4 is 5.32 Å². The van der Waals surface area contributed by atoms with Crippen LogP contribution in [-0.4, -0.2) is 13.1 Å². The van der Waals surface area contributed by atoms with Crippen LogP contribution in [0.25, 0.3) is 0 Å². The lowest BCUT2D eigenvalue weighted by molar-refractivity contribution is 0.572. The van der Waals surface area contributed by atoms with Gasteiger partial charge < -0.3 is 5.32 Å². The van der Waals surface area contributed by atoms with E-state index in [0.29, 0.717) is 22.0 Å². The predicted octanol–water partition coefficient (Wildman–Crippen LogP) is 3.85. The van der Waals surface area contributed by atoms with Gasteiger partial charge in [-0.05, 0) is 49.9 Å². The summed E-state index contributed by atoms with van der Waals surface area (Å²) in [6.07, 6.45) is 3.69. The van der Waals surface area contributed by atoms with Crippen molar-refractivity contribution in [1.82, 2.24) is 5.32 Å². The molecule has 1 aromatic carbocycles. The van der Waals surface area contributed by atoms with Gasteiger partial charge in [-0.1, -0.05) is 29.3 Å². The summed E-state index contributed by atoms with van der Waals surface area (Å²) in [5, 5.41) is 4.64. The van der Waals surface area contributed by atoms with Crippen molar-refractivity contribution >= 4 is 23.2 Å². The molecule has 1 fully saturated rings. The molecule has 3 heteroatoms. The molecular weight excluding hydrogens is 229 g/mol. The van der Waals surface area contributed by atoms with Crippen LogP contribution in [0.2, 0.25) is 10.0 Å². The highest BCUT2D eigenvalue weighted by atomic mass is 35.5. The van der Waals surface area contributed by atoms with Crippen molar-refractivity contribution in [3.8, 4) is 0 Å². The van der Waals surface area contributed by atoms with Crippen LogP contribution >= 0.6 is 23.2 Å². The maximum atomic E-state index is 6.01. The molecule has 0 saturated heterocycles. The Morgan fingerprint density at radius 1 is 1.20 bits per heavy atom. The van der Waals surface area contributed by atoms with Crippen molar-refractivity contribution in [1.29, 1.82) is 0 Å². The fourth-order valence-electron chi connectivity index (χ4n) is 2.31. The van der Waals surface area contributed by atoms with Crippen molar-refractivity contribution in [2.24, 2.45) is 0 Å². The second-order valence-electron chi connectivity index (χ2n) is 4.17. The Balaban J connectivity index is 2.13. The molecule has 15 heavy (non-hydrogen) atoms. The van der Waals surface area contributed by atoms with Gasteiger partial charge in [0, 0.05) is 6.04 Å². The first-order valence-corrected chi connectivity index (χ1v) is 6.08. The second-order valence-corrected chi connectivity index (χ2v) is 4.98. The van der Waals surface area contributed by atoms with Crippen molar-refractivity contribution in [2.75, 3.05) is 7.05 Å². The highest BCUT2D eigenvalue weighted by Crippen LogP contribution is 2.36. The van der Waals surface area contributed by atoms with Crippen LogP contribution in [0.1, 0.15) is 30.7 Å². The summed E-state index contributed by atoms with van der Waals surface area (Å²) in [5.41, 5.74) is 1.32. The minimum absolute atomic E-state index is 0.636. The van der Waals surface area contributed by atoms with E-state index >= 15 is 0 Å². The molecule has 0 radical (unpaired) electrons. The SMILES string of the molecule is CNC1CCC(c2ccc(Cl)c(Cl)c2)C1. The molecule has 0 bridgehead atoms. The quantitative estimate of drug-likeness (QED) is 0.833. The summed E-state index contributed by atoms with van der Waals surface area (Å²) in [4.78, 5) is 0. The maximum absolute atomic E-state index is 6.01. The molecule has 1 aliphatic carbocycles. The predicted molar refractivity (Wildman–Crippen MR) is 65.9 cm³/mol. The Kier molecular flexibility index (Phi) is 3.55. The standard InChI is InChI=1S/C12H15Cl2N/c1-15-10-4-2-8(6-10)9-3-5-11(13)12(14)7-9/h3,5,7-8,10,15H,2,4,6H2,1H3. The van der Waals surface area contributed by atoms with Crippen LogP contribution in [-0.2, 0) is 0 Å². The van der Waals surface area contributed by atoms with Gasteiger partial charge in [0.2, 0.25) is 0 Å². The molecule has 1 aliphatic rings. The minimum atomic E-state index is 0.636. The van der Waals surface area contributed by atoms with Gasteiger partial charge in [-0.2, -0.15) is 0 Å². The average Bonchev–Trinajstić information content (AvgIpc) is 2.70. The molecular formula is C12H15Cl2N. The zero-order chi connectivity index (χ0) is 10.8.